The Labute approximate surface area is 326 Å². The smallest absolute Gasteiger partial charge is 0.329 e. The van der Waals surface area contributed by atoms with E-state index in [0.29, 0.717) is 44.1 Å². The van der Waals surface area contributed by atoms with Crippen LogP contribution < -0.4 is 0 Å². The summed E-state index contributed by atoms with van der Waals surface area (Å²) in [6, 6.07) is -1.13. The molecule has 1 amide bonds. The van der Waals surface area contributed by atoms with Gasteiger partial charge in [-0.25, -0.2) is 4.79 Å². The highest BCUT2D eigenvalue weighted by atomic mass is 16.7. The number of carbonyl (C=O) groups is 4. The van der Waals surface area contributed by atoms with Crippen LogP contribution in [0.15, 0.2) is 23.3 Å². The molecular weight excluding hydrogens is 710 g/mol. The Bertz CT molecular complexity index is 1390. The molecule has 3 aliphatic heterocycles. The van der Waals surface area contributed by atoms with E-state index in [0.717, 1.165) is 18.4 Å². The molecule has 0 aromatic heterocycles. The Kier molecular flexibility index (Phi) is 16.6. The summed E-state index contributed by atoms with van der Waals surface area (Å²) in [5.41, 5.74) is 1.58. The number of aliphatic hydroxyl groups is 4. The van der Waals surface area contributed by atoms with Gasteiger partial charge in [-0.1, -0.05) is 38.5 Å². The van der Waals surface area contributed by atoms with E-state index < -0.39 is 77.8 Å². The van der Waals surface area contributed by atoms with Gasteiger partial charge in [0.25, 0.3) is 11.7 Å². The van der Waals surface area contributed by atoms with Crippen LogP contribution >= 0.6 is 0 Å². The molecule has 1 saturated carbocycles. The number of ether oxygens (including phenoxy) is 4. The number of nitrogens with zero attached hydrogens (tertiary/aromatic N) is 1. The number of methoxy groups -OCH3 is 2. The Morgan fingerprint density at radius 2 is 1.62 bits per heavy atom. The fourth-order valence-corrected chi connectivity index (χ4v) is 9.15. The summed E-state index contributed by atoms with van der Waals surface area (Å²) in [6.45, 7) is 8.95. The van der Waals surface area contributed by atoms with Crippen LogP contribution in [0.25, 0.3) is 0 Å². The first kappa shape index (κ1) is 45.2. The first-order valence-electron chi connectivity index (χ1n) is 20.4. The number of aliphatic hydroxyl groups excluding tert-OH is 3. The van der Waals surface area contributed by atoms with Gasteiger partial charge in [0.2, 0.25) is 5.79 Å². The van der Waals surface area contributed by atoms with E-state index in [4.69, 9.17) is 18.9 Å². The minimum atomic E-state index is -2.51. The van der Waals surface area contributed by atoms with E-state index >= 15 is 0 Å². The normalized spacial score (nSPS) is 40.7. The molecule has 1 aliphatic carbocycles. The third kappa shape index (κ3) is 11.1. The molecular formula is C42H67NO12. The summed E-state index contributed by atoms with van der Waals surface area (Å²) in [7, 11) is 3.03. The predicted octanol–water partition coefficient (Wildman–Crippen LogP) is 3.82. The minimum Gasteiger partial charge on any atom is -0.456 e. The number of cyclic esters (lactones) is 1. The van der Waals surface area contributed by atoms with Gasteiger partial charge in [0.15, 0.2) is 0 Å². The number of amides is 1. The molecule has 2 bridgehead atoms. The van der Waals surface area contributed by atoms with Crippen molar-refractivity contribution in [3.05, 3.63) is 23.3 Å². The fraction of sp³-hybridized carbons (Fsp3) is 0.810. The highest BCUT2D eigenvalue weighted by Gasteiger charge is 2.56. The van der Waals surface area contributed by atoms with E-state index in [9.17, 15) is 39.6 Å². The van der Waals surface area contributed by atoms with Gasteiger partial charge in [-0.3, -0.25) is 14.4 Å². The summed E-state index contributed by atoms with van der Waals surface area (Å²) in [5.74, 6) is -7.84. The van der Waals surface area contributed by atoms with Gasteiger partial charge in [-0.05, 0) is 102 Å². The van der Waals surface area contributed by atoms with Gasteiger partial charge >= 0.3 is 5.97 Å². The molecule has 0 spiro atoms. The largest absolute Gasteiger partial charge is 0.456 e. The summed E-state index contributed by atoms with van der Waals surface area (Å²) >= 11 is 0. The maximum absolute atomic E-state index is 14.2. The van der Waals surface area contributed by atoms with Crippen molar-refractivity contribution in [2.45, 2.75) is 160 Å². The van der Waals surface area contributed by atoms with E-state index in [-0.39, 0.29) is 62.6 Å². The zero-order chi connectivity index (χ0) is 40.6. The average molecular weight is 778 g/mol. The molecule has 13 nitrogen and oxygen atoms in total. The lowest BCUT2D eigenvalue weighted by Gasteiger charge is -2.47. The average Bonchev–Trinajstić information content (AvgIpc) is 3.16. The van der Waals surface area contributed by atoms with Crippen molar-refractivity contribution < 1.29 is 58.6 Å². The molecule has 11 atom stereocenters. The lowest BCUT2D eigenvalue weighted by molar-refractivity contribution is -0.302. The number of esters is 1. The number of Topliss-reactive ketones (excluding diaryl/α,β-unsaturated/α-hetero) is 2. The molecule has 4 aliphatic rings. The maximum atomic E-state index is 14.2. The molecule has 0 aromatic rings. The topological polar surface area (TPSA) is 189 Å². The second-order valence-corrected chi connectivity index (χ2v) is 16.9. The Morgan fingerprint density at radius 3 is 2.25 bits per heavy atom. The molecule has 13 heteroatoms. The predicted molar refractivity (Wildman–Crippen MR) is 203 cm³/mol. The zero-order valence-electron chi connectivity index (χ0n) is 34.0. The second kappa shape index (κ2) is 20.3. The van der Waals surface area contributed by atoms with Crippen LogP contribution in [0.5, 0.6) is 0 Å². The van der Waals surface area contributed by atoms with Crippen molar-refractivity contribution in [1.82, 2.24) is 4.90 Å². The van der Waals surface area contributed by atoms with E-state index in [1.54, 1.807) is 13.8 Å². The molecule has 0 aromatic carbocycles. The molecule has 2 saturated heterocycles. The Morgan fingerprint density at radius 1 is 0.964 bits per heavy atom. The van der Waals surface area contributed by atoms with Gasteiger partial charge in [-0.2, -0.15) is 0 Å². The lowest BCUT2D eigenvalue weighted by atomic mass is 9.82. The Hall–Kier alpha value is -2.52. The van der Waals surface area contributed by atoms with Crippen molar-refractivity contribution in [2.24, 2.45) is 29.6 Å². The number of allylic oxidation sites excluding steroid dienone is 3. The summed E-state index contributed by atoms with van der Waals surface area (Å²) in [4.78, 5) is 57.5. The van der Waals surface area contributed by atoms with E-state index in [2.05, 4.69) is 0 Å². The maximum Gasteiger partial charge on any atom is 0.329 e. The quantitative estimate of drug-likeness (QED) is 0.174. The molecule has 4 rings (SSSR count). The van der Waals surface area contributed by atoms with E-state index in [1.807, 2.05) is 32.9 Å². The summed E-state index contributed by atoms with van der Waals surface area (Å²) in [6.07, 6.45) is 4.49. The molecule has 0 radical (unpaired) electrons. The van der Waals surface area contributed by atoms with Crippen molar-refractivity contribution in [1.29, 1.82) is 0 Å². The first-order chi connectivity index (χ1) is 26.0. The highest BCUT2D eigenvalue weighted by Crippen LogP contribution is 2.39. The highest BCUT2D eigenvalue weighted by molar-refractivity contribution is 6.39. The number of hydrogen-bond donors (Lipinski definition) is 4. The first-order valence-corrected chi connectivity index (χ1v) is 20.4. The van der Waals surface area contributed by atoms with Gasteiger partial charge in [0, 0.05) is 51.5 Å². The minimum absolute atomic E-state index is 0.0168. The van der Waals surface area contributed by atoms with Gasteiger partial charge in [0.1, 0.15) is 24.0 Å². The van der Waals surface area contributed by atoms with Gasteiger partial charge < -0.3 is 44.3 Å². The van der Waals surface area contributed by atoms with Gasteiger partial charge in [-0.15, -0.1) is 0 Å². The standard InChI is InChI=1S/C42H67NO12/c1-24-18-25(2)20-35(52-6)38-36(53-7)22-27(4)42(51,55-38)39(48)40(49)43-16-9-8-10-32(43)41(50)54-37(26(3)21-29-11-13-31(45)14-12-29)28(5)33(46)23-34(47)30(19-24)15-17-44/h19,21,25,27-33,35-38,44-46,51H,8-18,20,22-23H2,1-7H3/b24-19+,26-21+/t25-,27+,28+,29-,30+,31-,32-,33-,35-,36-,37+,38+,42+/m0/s1. The van der Waals surface area contributed by atoms with E-state index in [1.165, 1.54) is 19.1 Å². The third-order valence-electron chi connectivity index (χ3n) is 12.5. The van der Waals surface area contributed by atoms with Crippen molar-refractivity contribution in [2.75, 3.05) is 27.4 Å². The van der Waals surface area contributed by atoms with Crippen molar-refractivity contribution >= 4 is 23.4 Å². The zero-order valence-corrected chi connectivity index (χ0v) is 34.0. The Balaban J connectivity index is 1.77. The van der Waals surface area contributed by atoms with Crippen LogP contribution in [-0.2, 0) is 38.1 Å². The van der Waals surface area contributed by atoms with Crippen LogP contribution in [0, 0.1) is 29.6 Å². The van der Waals surface area contributed by atoms with Crippen molar-refractivity contribution in [3.8, 4) is 0 Å². The van der Waals surface area contributed by atoms with Gasteiger partial charge in [0.05, 0.1) is 24.4 Å². The molecule has 3 heterocycles. The van der Waals surface area contributed by atoms with Crippen LogP contribution in [0.2, 0.25) is 0 Å². The SMILES string of the molecule is CO[C@H]1C[C@@H](C)C/C(C)=C/[C@@H](CCO)C(=O)C[C@H](O)[C@@H](C)[C@@H](/C(C)=C/[C@H]2CC[C@H](O)CC2)OC(=O)[C@@H]2CCCCN2C(=O)C(=O)[C@]2(O)O[C@H]1[C@@H](OC)C[C@H]2C. The molecule has 3 fully saturated rings. The fourth-order valence-electron chi connectivity index (χ4n) is 9.15. The van der Waals surface area contributed by atoms with Crippen LogP contribution in [0.1, 0.15) is 112 Å². The lowest BCUT2D eigenvalue weighted by Crippen LogP contribution is -2.64. The summed E-state index contributed by atoms with van der Waals surface area (Å²) < 4.78 is 24.1. The van der Waals surface area contributed by atoms with Crippen molar-refractivity contribution in [3.63, 3.8) is 0 Å². The third-order valence-corrected chi connectivity index (χ3v) is 12.5. The molecule has 4 N–H and O–H groups in total. The second-order valence-electron chi connectivity index (χ2n) is 16.9. The van der Waals surface area contributed by atoms with Crippen LogP contribution in [0.4, 0.5) is 0 Å². The van der Waals surface area contributed by atoms with Crippen LogP contribution in [-0.4, -0.2) is 125 Å². The molecule has 0 unspecified atom stereocenters. The number of fused-ring (bicyclic) bond motifs is 3. The number of piperidine rings is 1. The monoisotopic (exact) mass is 777 g/mol. The number of ketones is 2. The number of rotatable bonds is 6. The summed E-state index contributed by atoms with van der Waals surface area (Å²) in [5, 5.41) is 43.6. The molecule has 312 valence electrons. The number of carbonyl (C=O) groups excluding carboxylic acids is 4. The number of hydrogen-bond acceptors (Lipinski definition) is 12. The van der Waals surface area contributed by atoms with Crippen LogP contribution in [0.3, 0.4) is 0 Å². The molecule has 55 heavy (non-hydrogen) atoms.